The molecule has 0 aliphatic rings. The number of halogens is 2. The Morgan fingerprint density at radius 2 is 1.78 bits per heavy atom. The molecule has 0 saturated heterocycles. The van der Waals surface area contributed by atoms with E-state index in [4.69, 9.17) is 0 Å². The number of carbonyl (C=O) groups excluding carboxylic acids is 1. The van der Waals surface area contributed by atoms with E-state index in [-0.39, 0.29) is 28.3 Å². The van der Waals surface area contributed by atoms with Crippen molar-refractivity contribution >= 4 is 54.8 Å². The number of carbonyl (C=O) groups is 1. The van der Waals surface area contributed by atoms with E-state index >= 15 is 0 Å². The van der Waals surface area contributed by atoms with E-state index in [1.807, 2.05) is 42.5 Å². The minimum atomic E-state index is -0.267. The average molecular weight is 492 g/mol. The van der Waals surface area contributed by atoms with Crippen molar-refractivity contribution in [3.8, 4) is 11.5 Å². The first-order valence-corrected chi connectivity index (χ1v) is 9.66. The van der Waals surface area contributed by atoms with E-state index in [2.05, 4.69) is 42.4 Å². The van der Waals surface area contributed by atoms with Gasteiger partial charge >= 0.3 is 0 Å². The summed E-state index contributed by atoms with van der Waals surface area (Å²) >= 11 is 6.39. The second-order valence-corrected chi connectivity index (χ2v) is 7.56. The van der Waals surface area contributed by atoms with Crippen molar-refractivity contribution in [2.45, 2.75) is 13.3 Å². The standard InChI is InChI=1S/C20H16Br2N2O3/c1-11-15(19(26)18(22)20(27)17(11)21)10-23-24-16(25)9-13-7-4-6-12-5-2-3-8-14(12)13/h2-8,10,26-27H,9H2,1H3,(H,24,25)/b23-10+. The highest BCUT2D eigenvalue weighted by Crippen LogP contribution is 2.43. The largest absolute Gasteiger partial charge is 0.506 e. The maximum absolute atomic E-state index is 12.3. The van der Waals surface area contributed by atoms with Crippen LogP contribution in [0, 0.1) is 6.92 Å². The molecule has 3 rings (SSSR count). The van der Waals surface area contributed by atoms with Gasteiger partial charge in [-0.2, -0.15) is 5.10 Å². The molecule has 27 heavy (non-hydrogen) atoms. The van der Waals surface area contributed by atoms with Crippen LogP contribution < -0.4 is 5.43 Å². The molecule has 0 fully saturated rings. The summed E-state index contributed by atoms with van der Waals surface area (Å²) in [5.41, 5.74) is 4.37. The highest BCUT2D eigenvalue weighted by atomic mass is 79.9. The molecule has 0 radical (unpaired) electrons. The molecule has 0 aliphatic heterocycles. The molecule has 0 heterocycles. The Morgan fingerprint density at radius 1 is 1.07 bits per heavy atom. The molecule has 0 saturated carbocycles. The third-order valence-electron chi connectivity index (χ3n) is 4.23. The van der Waals surface area contributed by atoms with Crippen molar-refractivity contribution in [2.75, 3.05) is 0 Å². The van der Waals surface area contributed by atoms with Gasteiger partial charge in [0.1, 0.15) is 16.0 Å². The highest BCUT2D eigenvalue weighted by Gasteiger charge is 2.17. The molecule has 3 N–H and O–H groups in total. The van der Waals surface area contributed by atoms with Crippen LogP contribution in [-0.2, 0) is 11.2 Å². The molecule has 5 nitrogen and oxygen atoms in total. The number of nitrogens with one attached hydrogen (secondary N) is 1. The number of benzene rings is 3. The van der Waals surface area contributed by atoms with Crippen LogP contribution >= 0.6 is 31.9 Å². The lowest BCUT2D eigenvalue weighted by Crippen LogP contribution is -2.20. The molecule has 1 amide bonds. The van der Waals surface area contributed by atoms with Gasteiger partial charge < -0.3 is 10.2 Å². The van der Waals surface area contributed by atoms with Crippen LogP contribution in [0.4, 0.5) is 0 Å². The monoisotopic (exact) mass is 490 g/mol. The number of amides is 1. The van der Waals surface area contributed by atoms with E-state index in [0.717, 1.165) is 16.3 Å². The Hall–Kier alpha value is -2.38. The van der Waals surface area contributed by atoms with Gasteiger partial charge in [0, 0.05) is 5.56 Å². The van der Waals surface area contributed by atoms with Gasteiger partial charge in [-0.15, -0.1) is 0 Å². The van der Waals surface area contributed by atoms with E-state index in [1.165, 1.54) is 6.21 Å². The number of phenolic OH excluding ortho intramolecular Hbond substituents is 2. The Bertz CT molecular complexity index is 1030. The van der Waals surface area contributed by atoms with Gasteiger partial charge in [0.25, 0.3) is 0 Å². The van der Waals surface area contributed by atoms with Crippen LogP contribution in [0.15, 0.2) is 56.5 Å². The van der Waals surface area contributed by atoms with Crippen LogP contribution in [0.3, 0.4) is 0 Å². The maximum atomic E-state index is 12.3. The van der Waals surface area contributed by atoms with Crippen LogP contribution in [-0.4, -0.2) is 22.3 Å². The Balaban J connectivity index is 1.77. The van der Waals surface area contributed by atoms with Crippen molar-refractivity contribution in [2.24, 2.45) is 5.10 Å². The molecule has 3 aromatic carbocycles. The van der Waals surface area contributed by atoms with Crippen LogP contribution in [0.1, 0.15) is 16.7 Å². The van der Waals surface area contributed by atoms with Gasteiger partial charge in [0.05, 0.1) is 17.1 Å². The molecule has 0 atom stereocenters. The third kappa shape index (κ3) is 3.99. The summed E-state index contributed by atoms with van der Waals surface area (Å²) in [5.74, 6) is -0.515. The number of fused-ring (bicyclic) bond motifs is 1. The van der Waals surface area contributed by atoms with Crippen LogP contribution in [0.2, 0.25) is 0 Å². The number of nitrogens with zero attached hydrogens (tertiary/aromatic N) is 1. The first kappa shape index (κ1) is 19.4. The van der Waals surface area contributed by atoms with E-state index in [0.29, 0.717) is 15.6 Å². The minimum absolute atomic E-state index is 0.0952. The molecular formula is C20H16Br2N2O3. The Kier molecular flexibility index (Phi) is 5.82. The zero-order valence-corrected chi connectivity index (χ0v) is 17.5. The van der Waals surface area contributed by atoms with Gasteiger partial charge in [0.2, 0.25) is 5.91 Å². The lowest BCUT2D eigenvalue weighted by atomic mass is 10.0. The molecule has 7 heteroatoms. The van der Waals surface area contributed by atoms with Crippen molar-refractivity contribution in [1.29, 1.82) is 0 Å². The molecule has 0 bridgehead atoms. The number of hydrogen-bond donors (Lipinski definition) is 3. The van der Waals surface area contributed by atoms with E-state index in [9.17, 15) is 15.0 Å². The van der Waals surface area contributed by atoms with Gasteiger partial charge in [-0.25, -0.2) is 5.43 Å². The van der Waals surface area contributed by atoms with Crippen LogP contribution in [0.25, 0.3) is 10.8 Å². The summed E-state index contributed by atoms with van der Waals surface area (Å²) in [4.78, 5) is 12.3. The summed E-state index contributed by atoms with van der Waals surface area (Å²) in [5, 5.41) is 26.1. The summed E-state index contributed by atoms with van der Waals surface area (Å²) in [6.45, 7) is 1.72. The topological polar surface area (TPSA) is 81.9 Å². The molecule has 0 aromatic heterocycles. The van der Waals surface area contributed by atoms with Crippen molar-refractivity contribution < 1.29 is 15.0 Å². The molecule has 0 unspecified atom stereocenters. The van der Waals surface area contributed by atoms with Crippen LogP contribution in [0.5, 0.6) is 11.5 Å². The van der Waals surface area contributed by atoms with Gasteiger partial charge in [-0.05, 0) is 60.7 Å². The maximum Gasteiger partial charge on any atom is 0.244 e. The van der Waals surface area contributed by atoms with Crippen molar-refractivity contribution in [3.05, 3.63) is 68.1 Å². The number of hydrazone groups is 1. The molecule has 0 spiro atoms. The number of aromatic hydroxyl groups is 2. The fraction of sp³-hybridized carbons (Fsp3) is 0.100. The number of phenols is 2. The van der Waals surface area contributed by atoms with Crippen molar-refractivity contribution in [1.82, 2.24) is 5.43 Å². The van der Waals surface area contributed by atoms with Gasteiger partial charge in [-0.3, -0.25) is 4.79 Å². The van der Waals surface area contributed by atoms with E-state index in [1.54, 1.807) is 6.92 Å². The zero-order valence-electron chi connectivity index (χ0n) is 14.3. The second kappa shape index (κ2) is 8.10. The Morgan fingerprint density at radius 3 is 2.56 bits per heavy atom. The van der Waals surface area contributed by atoms with E-state index < -0.39 is 0 Å². The quantitative estimate of drug-likeness (QED) is 0.363. The highest BCUT2D eigenvalue weighted by molar-refractivity contribution is 9.11. The third-order valence-corrected chi connectivity index (χ3v) is 5.95. The molecular weight excluding hydrogens is 476 g/mol. The summed E-state index contributed by atoms with van der Waals surface area (Å²) in [6.07, 6.45) is 1.53. The normalized spacial score (nSPS) is 11.2. The predicted molar refractivity (Wildman–Crippen MR) is 113 cm³/mol. The zero-order chi connectivity index (χ0) is 19.6. The lowest BCUT2D eigenvalue weighted by Gasteiger charge is -2.11. The van der Waals surface area contributed by atoms with Gasteiger partial charge in [0.15, 0.2) is 0 Å². The Labute approximate surface area is 173 Å². The first-order valence-electron chi connectivity index (χ1n) is 8.08. The second-order valence-electron chi connectivity index (χ2n) is 5.97. The minimum Gasteiger partial charge on any atom is -0.506 e. The average Bonchev–Trinajstić information content (AvgIpc) is 2.68. The lowest BCUT2D eigenvalue weighted by molar-refractivity contribution is -0.120. The smallest absolute Gasteiger partial charge is 0.244 e. The summed E-state index contributed by atoms with van der Waals surface area (Å²) < 4.78 is 0.596. The number of hydrogen-bond acceptors (Lipinski definition) is 4. The summed E-state index contributed by atoms with van der Waals surface area (Å²) in [7, 11) is 0. The predicted octanol–water partition coefficient (Wildman–Crippen LogP) is 4.78. The fourth-order valence-electron chi connectivity index (χ4n) is 2.79. The van der Waals surface area contributed by atoms with Gasteiger partial charge in [-0.1, -0.05) is 42.5 Å². The number of rotatable bonds is 4. The molecule has 3 aromatic rings. The molecule has 138 valence electrons. The molecule has 0 aliphatic carbocycles. The summed E-state index contributed by atoms with van der Waals surface area (Å²) in [6, 6.07) is 13.7. The fourth-order valence-corrected chi connectivity index (χ4v) is 3.88. The van der Waals surface area contributed by atoms with Crippen molar-refractivity contribution in [3.63, 3.8) is 0 Å². The first-order chi connectivity index (χ1) is 12.9. The SMILES string of the molecule is Cc1c(Br)c(O)c(Br)c(O)c1/C=N/NC(=O)Cc1cccc2ccccc12.